The number of fused-ring (bicyclic) bond motifs is 1. The van der Waals surface area contributed by atoms with E-state index in [0.717, 1.165) is 28.9 Å². The summed E-state index contributed by atoms with van der Waals surface area (Å²) in [5.74, 6) is 0.885. The average Bonchev–Trinajstić information content (AvgIpc) is 2.76. The van der Waals surface area contributed by atoms with E-state index in [4.69, 9.17) is 4.74 Å². The third-order valence-corrected chi connectivity index (χ3v) is 6.54. The third-order valence-electron chi connectivity index (χ3n) is 6.01. The van der Waals surface area contributed by atoms with Gasteiger partial charge < -0.3 is 9.64 Å². The second kappa shape index (κ2) is 8.97. The Kier molecular flexibility index (Phi) is 6.76. The van der Waals surface area contributed by atoms with Crippen LogP contribution < -0.4 is 4.74 Å². The number of allylic oxidation sites excluding steroid dienone is 3. The van der Waals surface area contributed by atoms with E-state index < -0.39 is 5.67 Å². The molecule has 2 aliphatic rings. The Bertz CT molecular complexity index is 948. The largest absolute Gasteiger partial charge is 0.497 e. The molecule has 2 unspecified atom stereocenters. The molecule has 1 aliphatic carbocycles. The molecular formula is C26H31BrFNO. The summed E-state index contributed by atoms with van der Waals surface area (Å²) in [5, 5.41) is 0. The summed E-state index contributed by atoms with van der Waals surface area (Å²) in [5.41, 5.74) is 3.26. The summed E-state index contributed by atoms with van der Waals surface area (Å²) < 4.78 is 20.8. The van der Waals surface area contributed by atoms with Crippen LogP contribution in [0.15, 0.2) is 70.9 Å². The van der Waals surface area contributed by atoms with Crippen molar-refractivity contribution in [2.45, 2.75) is 51.7 Å². The van der Waals surface area contributed by atoms with Crippen LogP contribution in [0.4, 0.5) is 4.39 Å². The highest BCUT2D eigenvalue weighted by molar-refractivity contribution is 9.10. The van der Waals surface area contributed by atoms with E-state index in [1.54, 1.807) is 20.1 Å². The number of halogens is 2. The molecule has 0 saturated heterocycles. The fourth-order valence-electron chi connectivity index (χ4n) is 4.35. The number of rotatable bonds is 3. The minimum absolute atomic E-state index is 0.346. The van der Waals surface area contributed by atoms with Gasteiger partial charge in [0.1, 0.15) is 11.4 Å². The Hall–Kier alpha value is -2.07. The van der Waals surface area contributed by atoms with Crippen molar-refractivity contribution in [3.63, 3.8) is 0 Å². The molecule has 0 saturated carbocycles. The zero-order valence-corrected chi connectivity index (χ0v) is 20.1. The Balaban J connectivity index is 0.00000124. The molecule has 2 nitrogen and oxygen atoms in total. The van der Waals surface area contributed by atoms with E-state index in [1.807, 2.05) is 32.1 Å². The predicted octanol–water partition coefficient (Wildman–Crippen LogP) is 7.18. The molecule has 0 fully saturated rings. The maximum absolute atomic E-state index is 14.3. The standard InChI is InChI=1S/C24H25BrFNO.C2H6/c1-23(26)13-10-20(11-14-23)27-15-12-17-16-21(28-3)8-9-22(17)24(27,2)18-4-6-19(25)7-5-18;1-2/h4-11,13,16H,12,14-15H2,1-3H3;1-2H3. The Morgan fingerprint density at radius 3 is 2.37 bits per heavy atom. The van der Waals surface area contributed by atoms with E-state index in [1.165, 1.54) is 16.7 Å². The zero-order chi connectivity index (χ0) is 21.9. The normalized spacial score (nSPS) is 25.0. The van der Waals surface area contributed by atoms with Crippen molar-refractivity contribution in [2.75, 3.05) is 13.7 Å². The fourth-order valence-corrected chi connectivity index (χ4v) is 4.62. The number of alkyl halides is 1. The highest BCUT2D eigenvalue weighted by atomic mass is 79.9. The lowest BCUT2D eigenvalue weighted by molar-refractivity contribution is 0.174. The molecule has 1 heterocycles. The molecule has 0 amide bonds. The van der Waals surface area contributed by atoms with Crippen molar-refractivity contribution >= 4 is 15.9 Å². The van der Waals surface area contributed by atoms with Crippen LogP contribution in [0.2, 0.25) is 0 Å². The van der Waals surface area contributed by atoms with Gasteiger partial charge in [0, 0.05) is 23.1 Å². The van der Waals surface area contributed by atoms with Gasteiger partial charge in [-0.25, -0.2) is 4.39 Å². The smallest absolute Gasteiger partial charge is 0.130 e. The van der Waals surface area contributed by atoms with Crippen molar-refractivity contribution in [3.8, 4) is 5.75 Å². The predicted molar refractivity (Wildman–Crippen MR) is 127 cm³/mol. The van der Waals surface area contributed by atoms with Crippen LogP contribution >= 0.6 is 15.9 Å². The van der Waals surface area contributed by atoms with Crippen LogP contribution in [0.3, 0.4) is 0 Å². The minimum Gasteiger partial charge on any atom is -0.497 e. The molecule has 4 rings (SSSR count). The van der Waals surface area contributed by atoms with Crippen LogP contribution in [0.5, 0.6) is 5.75 Å². The van der Waals surface area contributed by atoms with Gasteiger partial charge in [-0.05, 0) is 73.4 Å². The van der Waals surface area contributed by atoms with E-state index in [2.05, 4.69) is 64.2 Å². The van der Waals surface area contributed by atoms with E-state index >= 15 is 0 Å². The van der Waals surface area contributed by atoms with Crippen molar-refractivity contribution in [2.24, 2.45) is 0 Å². The Morgan fingerprint density at radius 2 is 1.77 bits per heavy atom. The molecular weight excluding hydrogens is 441 g/mol. The summed E-state index contributed by atoms with van der Waals surface area (Å²) >= 11 is 3.55. The number of methoxy groups -OCH3 is 1. The Labute approximate surface area is 188 Å². The number of ether oxygens (including phenoxy) is 1. The number of hydrogen-bond acceptors (Lipinski definition) is 2. The van der Waals surface area contributed by atoms with Gasteiger partial charge in [0.15, 0.2) is 0 Å². The summed E-state index contributed by atoms with van der Waals surface area (Å²) in [6.07, 6.45) is 6.99. The van der Waals surface area contributed by atoms with Crippen LogP contribution in [-0.4, -0.2) is 24.2 Å². The summed E-state index contributed by atoms with van der Waals surface area (Å²) in [6, 6.07) is 14.9. The first-order chi connectivity index (χ1) is 14.3. The molecule has 0 spiro atoms. The van der Waals surface area contributed by atoms with Crippen LogP contribution in [0, 0.1) is 0 Å². The Morgan fingerprint density at radius 1 is 1.07 bits per heavy atom. The van der Waals surface area contributed by atoms with Crippen LogP contribution in [-0.2, 0) is 12.0 Å². The van der Waals surface area contributed by atoms with Gasteiger partial charge in [-0.1, -0.05) is 54.1 Å². The van der Waals surface area contributed by atoms with Gasteiger partial charge in [-0.3, -0.25) is 0 Å². The molecule has 2 atom stereocenters. The zero-order valence-electron chi connectivity index (χ0n) is 18.5. The summed E-state index contributed by atoms with van der Waals surface area (Å²) in [7, 11) is 1.70. The molecule has 0 radical (unpaired) electrons. The number of hydrogen-bond donors (Lipinski definition) is 0. The summed E-state index contributed by atoms with van der Waals surface area (Å²) in [4.78, 5) is 2.41. The molecule has 2 aromatic carbocycles. The van der Waals surface area contributed by atoms with Crippen LogP contribution in [0.1, 0.15) is 50.8 Å². The van der Waals surface area contributed by atoms with Gasteiger partial charge in [0.05, 0.1) is 12.6 Å². The molecule has 30 heavy (non-hydrogen) atoms. The number of benzene rings is 2. The first-order valence-corrected chi connectivity index (χ1v) is 11.4. The molecule has 0 bridgehead atoms. The highest BCUT2D eigenvalue weighted by Gasteiger charge is 2.41. The second-order valence-electron chi connectivity index (χ2n) is 7.95. The molecule has 160 valence electrons. The van der Waals surface area contributed by atoms with Crippen molar-refractivity contribution in [1.82, 2.24) is 4.90 Å². The molecule has 1 aliphatic heterocycles. The second-order valence-corrected chi connectivity index (χ2v) is 8.86. The quantitative estimate of drug-likeness (QED) is 0.469. The molecule has 0 N–H and O–H groups in total. The average molecular weight is 472 g/mol. The SMILES string of the molecule is CC.COc1ccc2c(c1)CCN(C1=CCC(C)(F)C=C1)C2(C)c1ccc(Br)cc1. The first-order valence-electron chi connectivity index (χ1n) is 10.6. The maximum atomic E-state index is 14.3. The molecule has 0 aromatic heterocycles. The van der Waals surface area contributed by atoms with E-state index in [0.29, 0.717) is 6.42 Å². The monoisotopic (exact) mass is 471 g/mol. The first kappa shape index (κ1) is 22.6. The van der Waals surface area contributed by atoms with Crippen molar-refractivity contribution in [1.29, 1.82) is 0 Å². The van der Waals surface area contributed by atoms with Gasteiger partial charge in [-0.15, -0.1) is 0 Å². The molecule has 2 aromatic rings. The topological polar surface area (TPSA) is 12.5 Å². The van der Waals surface area contributed by atoms with E-state index in [9.17, 15) is 4.39 Å². The van der Waals surface area contributed by atoms with Gasteiger partial charge in [-0.2, -0.15) is 0 Å². The third kappa shape index (κ3) is 4.20. The van der Waals surface area contributed by atoms with E-state index in [-0.39, 0.29) is 5.54 Å². The maximum Gasteiger partial charge on any atom is 0.130 e. The van der Waals surface area contributed by atoms with Gasteiger partial charge >= 0.3 is 0 Å². The molecule has 4 heteroatoms. The highest BCUT2D eigenvalue weighted by Crippen LogP contribution is 2.45. The van der Waals surface area contributed by atoms with Gasteiger partial charge in [0.2, 0.25) is 0 Å². The summed E-state index contributed by atoms with van der Waals surface area (Å²) in [6.45, 7) is 8.76. The lowest BCUT2D eigenvalue weighted by Gasteiger charge is -2.49. The van der Waals surface area contributed by atoms with Gasteiger partial charge in [0.25, 0.3) is 0 Å². The van der Waals surface area contributed by atoms with Crippen LogP contribution in [0.25, 0.3) is 0 Å². The van der Waals surface area contributed by atoms with Crippen molar-refractivity contribution in [3.05, 3.63) is 87.6 Å². The lowest BCUT2D eigenvalue weighted by atomic mass is 9.76. The fraction of sp³-hybridized carbons (Fsp3) is 0.385. The van der Waals surface area contributed by atoms with Crippen molar-refractivity contribution < 1.29 is 9.13 Å². The lowest BCUT2D eigenvalue weighted by Crippen LogP contribution is -2.49. The number of nitrogens with zero attached hydrogens (tertiary/aromatic N) is 1. The minimum atomic E-state index is -1.27.